The second-order valence-electron chi connectivity index (χ2n) is 8.59. The zero-order valence-corrected chi connectivity index (χ0v) is 17.7. The van der Waals surface area contributed by atoms with Gasteiger partial charge in [-0.2, -0.15) is 0 Å². The van der Waals surface area contributed by atoms with E-state index >= 15 is 0 Å². The summed E-state index contributed by atoms with van der Waals surface area (Å²) >= 11 is 0. The Morgan fingerprint density at radius 2 is 1.94 bits per heavy atom. The van der Waals surface area contributed by atoms with E-state index in [4.69, 9.17) is 14.4 Å². The SMILES string of the molecule is Cc1nc2cc(-c3ccc4ncc(N5CC(N6CCN[C@@H](C)C6)C5)nc4n3)ccc2o1. The van der Waals surface area contributed by atoms with Crippen LogP contribution in [-0.2, 0) is 0 Å². The predicted molar refractivity (Wildman–Crippen MR) is 120 cm³/mol. The monoisotopic (exact) mass is 415 g/mol. The van der Waals surface area contributed by atoms with E-state index in [1.807, 2.05) is 43.5 Å². The van der Waals surface area contributed by atoms with E-state index in [1.165, 1.54) is 0 Å². The van der Waals surface area contributed by atoms with Crippen LogP contribution in [0.3, 0.4) is 0 Å². The van der Waals surface area contributed by atoms with Gasteiger partial charge in [-0.3, -0.25) is 4.90 Å². The van der Waals surface area contributed by atoms with Crippen LogP contribution in [0.25, 0.3) is 33.5 Å². The lowest BCUT2D eigenvalue weighted by Gasteiger charge is -2.48. The first-order valence-corrected chi connectivity index (χ1v) is 10.9. The van der Waals surface area contributed by atoms with Crippen molar-refractivity contribution >= 4 is 28.1 Å². The van der Waals surface area contributed by atoms with Crippen LogP contribution in [0.15, 0.2) is 40.9 Å². The molecule has 5 heterocycles. The Bertz CT molecular complexity index is 1260. The molecule has 8 heteroatoms. The Morgan fingerprint density at radius 3 is 2.81 bits per heavy atom. The molecule has 0 saturated carbocycles. The molecule has 1 atom stereocenters. The van der Waals surface area contributed by atoms with Crippen LogP contribution >= 0.6 is 0 Å². The van der Waals surface area contributed by atoms with Gasteiger partial charge in [0, 0.05) is 57.3 Å². The quantitative estimate of drug-likeness (QED) is 0.547. The van der Waals surface area contributed by atoms with Gasteiger partial charge in [-0.15, -0.1) is 0 Å². The van der Waals surface area contributed by atoms with Crippen molar-refractivity contribution in [3.8, 4) is 11.3 Å². The molecule has 0 radical (unpaired) electrons. The molecule has 4 aromatic rings. The van der Waals surface area contributed by atoms with Crippen LogP contribution < -0.4 is 10.2 Å². The Hall–Kier alpha value is -3.10. The van der Waals surface area contributed by atoms with Gasteiger partial charge in [-0.25, -0.2) is 19.9 Å². The number of hydrogen-bond acceptors (Lipinski definition) is 8. The molecule has 1 N–H and O–H groups in total. The number of rotatable bonds is 3. The molecule has 8 nitrogen and oxygen atoms in total. The second-order valence-corrected chi connectivity index (χ2v) is 8.59. The summed E-state index contributed by atoms with van der Waals surface area (Å²) in [6.45, 7) is 9.40. The van der Waals surface area contributed by atoms with Crippen molar-refractivity contribution in [2.24, 2.45) is 0 Å². The standard InChI is InChI=1S/C23H25N7O/c1-14-11-29(8-7-24-14)17-12-30(13-17)22-10-25-19-5-4-18(27-23(19)28-22)16-3-6-21-20(9-16)26-15(2)31-21/h3-6,9-10,14,17,24H,7-8,11-13H2,1-2H3/t14-/m0/s1. The first-order chi connectivity index (χ1) is 15.1. The molecule has 0 unspecified atom stereocenters. The summed E-state index contributed by atoms with van der Waals surface area (Å²) in [5, 5.41) is 3.51. The fraction of sp³-hybridized carbons (Fsp3) is 0.391. The fourth-order valence-corrected chi connectivity index (χ4v) is 4.57. The number of oxazole rings is 1. The van der Waals surface area contributed by atoms with Gasteiger partial charge in [-0.1, -0.05) is 0 Å². The van der Waals surface area contributed by atoms with Crippen molar-refractivity contribution in [3.05, 3.63) is 42.4 Å². The minimum atomic E-state index is 0.561. The minimum absolute atomic E-state index is 0.561. The van der Waals surface area contributed by atoms with Gasteiger partial charge >= 0.3 is 0 Å². The number of piperazine rings is 1. The number of anilines is 1. The van der Waals surface area contributed by atoms with Gasteiger partial charge in [0.25, 0.3) is 0 Å². The summed E-state index contributed by atoms with van der Waals surface area (Å²) in [6.07, 6.45) is 1.87. The maximum atomic E-state index is 5.58. The molecule has 3 aromatic heterocycles. The normalized spacial score (nSPS) is 20.5. The zero-order valence-electron chi connectivity index (χ0n) is 17.7. The molecule has 0 aliphatic carbocycles. The van der Waals surface area contributed by atoms with E-state index in [0.29, 0.717) is 23.6 Å². The third-order valence-corrected chi connectivity index (χ3v) is 6.29. The average Bonchev–Trinajstić information content (AvgIpc) is 3.11. The summed E-state index contributed by atoms with van der Waals surface area (Å²) in [5.41, 5.74) is 4.95. The third kappa shape index (κ3) is 3.41. The van der Waals surface area contributed by atoms with Crippen molar-refractivity contribution in [1.29, 1.82) is 0 Å². The van der Waals surface area contributed by atoms with Gasteiger partial charge in [0.1, 0.15) is 16.9 Å². The van der Waals surface area contributed by atoms with Crippen molar-refractivity contribution in [3.63, 3.8) is 0 Å². The zero-order chi connectivity index (χ0) is 20.9. The smallest absolute Gasteiger partial charge is 0.192 e. The van der Waals surface area contributed by atoms with Crippen LogP contribution in [0, 0.1) is 6.92 Å². The van der Waals surface area contributed by atoms with Crippen molar-refractivity contribution in [1.82, 2.24) is 30.2 Å². The number of pyridine rings is 1. The number of aryl methyl sites for hydroxylation is 1. The highest BCUT2D eigenvalue weighted by atomic mass is 16.3. The Labute approximate surface area is 180 Å². The van der Waals surface area contributed by atoms with Gasteiger partial charge in [0.15, 0.2) is 17.1 Å². The molecule has 2 fully saturated rings. The van der Waals surface area contributed by atoms with E-state index in [1.54, 1.807) is 0 Å². The molecular formula is C23H25N7O. The highest BCUT2D eigenvalue weighted by Gasteiger charge is 2.34. The predicted octanol–water partition coefficient (Wildman–Crippen LogP) is 2.62. The number of benzene rings is 1. The van der Waals surface area contributed by atoms with Crippen LogP contribution in [0.4, 0.5) is 5.82 Å². The lowest BCUT2D eigenvalue weighted by Crippen LogP contribution is -2.64. The van der Waals surface area contributed by atoms with Crippen LogP contribution in [0.5, 0.6) is 0 Å². The van der Waals surface area contributed by atoms with Crippen LogP contribution in [0.2, 0.25) is 0 Å². The lowest BCUT2D eigenvalue weighted by atomic mass is 10.1. The summed E-state index contributed by atoms with van der Waals surface area (Å²) in [7, 11) is 0. The van der Waals surface area contributed by atoms with E-state index in [9.17, 15) is 0 Å². The van der Waals surface area contributed by atoms with Gasteiger partial charge in [0.05, 0.1) is 11.9 Å². The van der Waals surface area contributed by atoms with Crippen molar-refractivity contribution in [2.45, 2.75) is 25.9 Å². The number of nitrogens with zero attached hydrogens (tertiary/aromatic N) is 6. The van der Waals surface area contributed by atoms with Crippen LogP contribution in [0.1, 0.15) is 12.8 Å². The van der Waals surface area contributed by atoms with Crippen molar-refractivity contribution < 1.29 is 4.42 Å². The third-order valence-electron chi connectivity index (χ3n) is 6.29. The van der Waals surface area contributed by atoms with Crippen molar-refractivity contribution in [2.75, 3.05) is 37.6 Å². The lowest BCUT2D eigenvalue weighted by molar-refractivity contribution is 0.126. The number of hydrogen-bond donors (Lipinski definition) is 1. The molecule has 31 heavy (non-hydrogen) atoms. The highest BCUT2D eigenvalue weighted by Crippen LogP contribution is 2.27. The van der Waals surface area contributed by atoms with E-state index < -0.39 is 0 Å². The molecule has 1 aromatic carbocycles. The van der Waals surface area contributed by atoms with E-state index in [0.717, 1.165) is 66.4 Å². The highest BCUT2D eigenvalue weighted by molar-refractivity contribution is 5.81. The van der Waals surface area contributed by atoms with Gasteiger partial charge in [0.2, 0.25) is 0 Å². The first-order valence-electron chi connectivity index (χ1n) is 10.9. The Kier molecular flexibility index (Phi) is 4.36. The summed E-state index contributed by atoms with van der Waals surface area (Å²) in [6, 6.07) is 11.1. The largest absolute Gasteiger partial charge is 0.441 e. The second kappa shape index (κ2) is 7.25. The fourth-order valence-electron chi connectivity index (χ4n) is 4.57. The summed E-state index contributed by atoms with van der Waals surface area (Å²) in [4.78, 5) is 23.6. The minimum Gasteiger partial charge on any atom is -0.441 e. The average molecular weight is 416 g/mol. The molecule has 0 spiro atoms. The molecule has 0 bridgehead atoms. The van der Waals surface area contributed by atoms with Gasteiger partial charge < -0.3 is 14.6 Å². The number of aromatic nitrogens is 4. The molecule has 2 saturated heterocycles. The molecule has 2 aliphatic rings. The number of fused-ring (bicyclic) bond motifs is 2. The summed E-state index contributed by atoms with van der Waals surface area (Å²) in [5.74, 6) is 1.57. The van der Waals surface area contributed by atoms with Crippen LogP contribution in [-0.4, -0.2) is 69.6 Å². The topological polar surface area (TPSA) is 83.2 Å². The molecule has 6 rings (SSSR count). The molecule has 0 amide bonds. The van der Waals surface area contributed by atoms with E-state index in [-0.39, 0.29) is 0 Å². The first kappa shape index (κ1) is 18.7. The number of nitrogens with one attached hydrogen (secondary N) is 1. The Morgan fingerprint density at radius 1 is 1.03 bits per heavy atom. The summed E-state index contributed by atoms with van der Waals surface area (Å²) < 4.78 is 5.58. The van der Waals surface area contributed by atoms with Gasteiger partial charge in [-0.05, 0) is 37.3 Å². The maximum absolute atomic E-state index is 5.58. The Balaban J connectivity index is 1.24. The maximum Gasteiger partial charge on any atom is 0.192 e. The van der Waals surface area contributed by atoms with E-state index in [2.05, 4.69) is 32.0 Å². The molecule has 2 aliphatic heterocycles. The molecular weight excluding hydrogens is 390 g/mol. The molecule has 158 valence electrons.